The van der Waals surface area contributed by atoms with Crippen LogP contribution in [-0.4, -0.2) is 19.1 Å². The Hall–Kier alpha value is -2.29. The molecule has 3 atom stereocenters. The first-order chi connectivity index (χ1) is 29.9. The normalized spacial score (nSPS) is 18.1. The van der Waals surface area contributed by atoms with E-state index in [1.807, 2.05) is 34.0 Å². The third-order valence-electron chi connectivity index (χ3n) is 13.9. The molecule has 3 unspecified atom stereocenters. The van der Waals surface area contributed by atoms with Crippen molar-refractivity contribution in [1.82, 2.24) is 0 Å². The molecular weight excluding hydrogens is 888 g/mol. The van der Waals surface area contributed by atoms with Gasteiger partial charge in [-0.1, -0.05) is 145 Å². The fraction of sp³-hybridized carbons (Fsp3) is 0.472. The average molecular weight is 953 g/mol. The van der Waals surface area contributed by atoms with Crippen molar-refractivity contribution in [2.45, 2.75) is 150 Å². The van der Waals surface area contributed by atoms with Crippen LogP contribution in [0.2, 0.25) is 12.1 Å². The van der Waals surface area contributed by atoms with E-state index in [4.69, 9.17) is 0 Å². The molecule has 0 amide bonds. The smallest absolute Gasteiger partial charge is 0.198 e. The molecule has 1 aromatic carbocycles. The summed E-state index contributed by atoms with van der Waals surface area (Å²) in [5.74, 6) is 2.15. The summed E-state index contributed by atoms with van der Waals surface area (Å²) in [7, 11) is -4.03. The summed E-state index contributed by atoms with van der Waals surface area (Å²) in [5.41, 5.74) is 5.20. The average Bonchev–Trinajstić information content (AvgIpc) is 4.12. The maximum atomic E-state index is 15.6. The van der Waals surface area contributed by atoms with Crippen LogP contribution in [0.3, 0.4) is 0 Å². The molecule has 2 nitrogen and oxygen atoms in total. The number of carbonyl (C=O) groups excluding carboxylic acids is 2. The Kier molecular flexibility index (Phi) is 14.4. The van der Waals surface area contributed by atoms with Crippen molar-refractivity contribution < 1.29 is 9.59 Å². The van der Waals surface area contributed by atoms with E-state index < -0.39 is 16.0 Å². The number of thiophene rings is 5. The molecule has 2 aliphatic heterocycles. The lowest BCUT2D eigenvalue weighted by molar-refractivity contribution is 0.107. The Labute approximate surface area is 394 Å². The topological polar surface area (TPSA) is 34.1 Å². The van der Waals surface area contributed by atoms with E-state index in [1.54, 1.807) is 33.0 Å². The second-order valence-electron chi connectivity index (χ2n) is 19.0. The molecule has 6 aromatic rings. The molecule has 9 heteroatoms. The van der Waals surface area contributed by atoms with Crippen LogP contribution in [0.4, 0.5) is 0 Å². The molecule has 0 saturated carbocycles. The van der Waals surface area contributed by atoms with E-state index in [0.717, 1.165) is 19.9 Å². The number of hydrogen-bond acceptors (Lipinski definition) is 7. The van der Waals surface area contributed by atoms with Gasteiger partial charge >= 0.3 is 0 Å². The van der Waals surface area contributed by atoms with Gasteiger partial charge in [-0.15, -0.1) is 56.7 Å². The highest BCUT2D eigenvalue weighted by Gasteiger charge is 2.52. The first kappa shape index (κ1) is 46.2. The zero-order chi connectivity index (χ0) is 44.0. The van der Waals surface area contributed by atoms with Gasteiger partial charge < -0.3 is 0 Å². The molecule has 0 bridgehead atoms. The summed E-state index contributed by atoms with van der Waals surface area (Å²) in [4.78, 5) is 41.1. The van der Waals surface area contributed by atoms with Crippen molar-refractivity contribution in [3.05, 3.63) is 87.1 Å². The van der Waals surface area contributed by atoms with Crippen molar-refractivity contribution in [3.8, 4) is 39.0 Å². The lowest BCUT2D eigenvalue weighted by Crippen LogP contribution is -2.56. The maximum Gasteiger partial charge on any atom is 0.198 e. The zero-order valence-corrected chi connectivity index (χ0v) is 44.5. The second kappa shape index (κ2) is 19.3. The van der Waals surface area contributed by atoms with E-state index in [0.29, 0.717) is 28.9 Å². The van der Waals surface area contributed by atoms with Crippen LogP contribution in [0.15, 0.2) is 59.3 Å². The summed E-state index contributed by atoms with van der Waals surface area (Å²) in [6.07, 6.45) is 10.1. The first-order valence-electron chi connectivity index (χ1n) is 23.5. The van der Waals surface area contributed by atoms with Gasteiger partial charge in [-0.3, -0.25) is 9.59 Å². The summed E-state index contributed by atoms with van der Waals surface area (Å²) in [6.45, 7) is 23.0. The highest BCUT2D eigenvalue weighted by molar-refractivity contribution is 7.97. The van der Waals surface area contributed by atoms with Gasteiger partial charge in [-0.2, -0.15) is 0 Å². The monoisotopic (exact) mass is 952 g/mol. The minimum atomic E-state index is -2.28. The van der Waals surface area contributed by atoms with Gasteiger partial charge in [0.2, 0.25) is 0 Å². The predicted octanol–water partition coefficient (Wildman–Crippen LogP) is 17.4. The van der Waals surface area contributed by atoms with Crippen molar-refractivity contribution in [1.29, 1.82) is 0 Å². The molecule has 62 heavy (non-hydrogen) atoms. The summed E-state index contributed by atoms with van der Waals surface area (Å²) in [5, 5.41) is 8.69. The lowest BCUT2D eigenvalue weighted by Gasteiger charge is -2.35. The van der Waals surface area contributed by atoms with Crippen molar-refractivity contribution >= 4 is 99.4 Å². The molecule has 2 aliphatic rings. The van der Waals surface area contributed by atoms with Gasteiger partial charge in [0.15, 0.2) is 11.0 Å². The number of rotatable bonds is 19. The highest BCUT2D eigenvalue weighted by atomic mass is 32.1. The van der Waals surface area contributed by atoms with Crippen LogP contribution in [-0.2, 0) is 0 Å². The first-order valence-corrected chi connectivity index (χ1v) is 31.4. The van der Waals surface area contributed by atoms with Crippen LogP contribution in [0.5, 0.6) is 0 Å². The van der Waals surface area contributed by atoms with Gasteiger partial charge in [-0.25, -0.2) is 0 Å². The number of hydrogen-bond donors (Lipinski definition) is 0. The minimum Gasteiger partial charge on any atom is -0.288 e. The number of benzene rings is 1. The van der Waals surface area contributed by atoms with Crippen LogP contribution in [0.1, 0.15) is 176 Å². The number of unbranched alkanes of at least 4 members (excludes halogenated alkanes) is 2. The fourth-order valence-electron chi connectivity index (χ4n) is 10.3. The molecule has 0 N–H and O–H groups in total. The Morgan fingerprint density at radius 2 is 1.05 bits per heavy atom. The Balaban J connectivity index is 1.35. The molecular formula is C53H65O2PS5Si. The van der Waals surface area contributed by atoms with E-state index in [-0.39, 0.29) is 22.9 Å². The predicted molar refractivity (Wildman–Crippen MR) is 283 cm³/mol. The highest BCUT2D eigenvalue weighted by Crippen LogP contribution is 2.61. The molecule has 328 valence electrons. The van der Waals surface area contributed by atoms with E-state index in [9.17, 15) is 0 Å². The van der Waals surface area contributed by atoms with Gasteiger partial charge in [0, 0.05) is 29.3 Å². The minimum absolute atomic E-state index is 0.0596. The standard InChI is InChI=1S/C53H65O2PS5Si/c1-11-15-19-34(13-3)29-62(30-35(14-4)20-16-12-2)43-27-41(39-21-17-23-57-39)59-50(43)51-44(62)28-42(60-51)49-46-45(48(61-49)40-22-18-24-58-40)52(54)56(53(46)55)47-37(32(7)8)25-36(31(5)6)26-38(47)33(9)10/h17-18,21-28,31-35H,11-16,19-20,29-30H2,1-10H3. The molecule has 5 aromatic heterocycles. The van der Waals surface area contributed by atoms with Gasteiger partial charge in [0.05, 0.1) is 28.8 Å². The SMILES string of the molecule is CCCCC(CC)C[Si]1(CC(CC)CCCC)c2cc(-c3cccs3)sc2-c2sc(-c3sc(-c4cccs4)c4c3C(=O)P(c3c(C(C)C)cc(C(C)C)cc3C(C)C)C4=O)cc21. The number of fused-ring (bicyclic) bond motifs is 4. The van der Waals surface area contributed by atoms with Crippen LogP contribution in [0, 0.1) is 11.8 Å². The van der Waals surface area contributed by atoms with Crippen molar-refractivity contribution in [2.24, 2.45) is 11.8 Å². The van der Waals surface area contributed by atoms with E-state index in [2.05, 4.69) is 129 Å². The molecule has 0 radical (unpaired) electrons. The zero-order valence-electron chi connectivity index (χ0n) is 38.5. The largest absolute Gasteiger partial charge is 0.288 e. The van der Waals surface area contributed by atoms with E-state index >= 15 is 9.59 Å². The van der Waals surface area contributed by atoms with Gasteiger partial charge in [0.25, 0.3) is 0 Å². The van der Waals surface area contributed by atoms with Crippen molar-refractivity contribution in [3.63, 3.8) is 0 Å². The fourth-order valence-corrected chi connectivity index (χ4v) is 26.6. The molecule has 8 rings (SSSR count). The molecule has 0 spiro atoms. The lowest BCUT2D eigenvalue weighted by atomic mass is 9.89. The summed E-state index contributed by atoms with van der Waals surface area (Å²) < 4.78 is 0. The second-order valence-corrected chi connectivity index (χ2v) is 30.0. The molecule has 0 fully saturated rings. The Morgan fingerprint density at radius 3 is 1.50 bits per heavy atom. The van der Waals surface area contributed by atoms with Gasteiger partial charge in [0.1, 0.15) is 8.07 Å². The molecule has 0 saturated heterocycles. The Morgan fingerprint density at radius 1 is 0.565 bits per heavy atom. The maximum absolute atomic E-state index is 15.6. The van der Waals surface area contributed by atoms with Crippen molar-refractivity contribution in [2.75, 3.05) is 0 Å². The van der Waals surface area contributed by atoms with E-state index in [1.165, 1.54) is 105 Å². The third-order valence-corrected chi connectivity index (χ3v) is 27.8. The molecule has 7 heterocycles. The van der Waals surface area contributed by atoms with Crippen LogP contribution >= 0.6 is 64.6 Å². The Bertz CT molecular complexity index is 2480. The number of carbonyl (C=O) groups is 2. The quantitative estimate of drug-likeness (QED) is 0.0599. The molecule has 0 aliphatic carbocycles. The summed E-state index contributed by atoms with van der Waals surface area (Å²) >= 11 is 9.22. The van der Waals surface area contributed by atoms with Crippen LogP contribution < -0.4 is 15.7 Å². The van der Waals surface area contributed by atoms with Gasteiger partial charge in [-0.05, 0) is 109 Å². The third kappa shape index (κ3) is 8.28. The van der Waals surface area contributed by atoms with Crippen LogP contribution in [0.25, 0.3) is 39.0 Å². The summed E-state index contributed by atoms with van der Waals surface area (Å²) in [6, 6.07) is 21.2.